The van der Waals surface area contributed by atoms with Gasteiger partial charge in [-0.05, 0) is 56.5 Å². The third kappa shape index (κ3) is 3.57. The van der Waals surface area contributed by atoms with E-state index in [2.05, 4.69) is 10.2 Å². The fourth-order valence-corrected chi connectivity index (χ4v) is 4.23. The number of hydrogen-bond donors (Lipinski definition) is 1. The normalized spacial score (nSPS) is 18.7. The van der Waals surface area contributed by atoms with Gasteiger partial charge in [0, 0.05) is 24.7 Å². The van der Waals surface area contributed by atoms with E-state index in [-0.39, 0.29) is 17.8 Å². The summed E-state index contributed by atoms with van der Waals surface area (Å²) in [6.07, 6.45) is 4.03. The Balaban J connectivity index is 1.67. The van der Waals surface area contributed by atoms with Crippen LogP contribution in [0.1, 0.15) is 53.3 Å². The lowest BCUT2D eigenvalue weighted by Gasteiger charge is -2.44. The van der Waals surface area contributed by atoms with Gasteiger partial charge in [-0.25, -0.2) is 8.78 Å². The van der Waals surface area contributed by atoms with Gasteiger partial charge in [-0.15, -0.1) is 0 Å². The Morgan fingerprint density at radius 3 is 2.76 bits per heavy atom. The van der Waals surface area contributed by atoms with Gasteiger partial charge < -0.3 is 15.1 Å². The van der Waals surface area contributed by atoms with E-state index in [1.165, 1.54) is 0 Å². The highest BCUT2D eigenvalue weighted by Crippen LogP contribution is 2.35. The molecule has 1 atom stereocenters. The van der Waals surface area contributed by atoms with Crippen molar-refractivity contribution >= 4 is 23.2 Å². The van der Waals surface area contributed by atoms with Crippen LogP contribution in [0.4, 0.5) is 20.2 Å². The van der Waals surface area contributed by atoms with Crippen LogP contribution in [0, 0.1) is 11.6 Å². The molecule has 0 radical (unpaired) electrons. The number of fused-ring (bicyclic) bond motifs is 2. The van der Waals surface area contributed by atoms with Gasteiger partial charge in [0.1, 0.15) is 17.8 Å². The van der Waals surface area contributed by atoms with Crippen molar-refractivity contribution < 1.29 is 18.4 Å². The van der Waals surface area contributed by atoms with Crippen molar-refractivity contribution in [1.82, 2.24) is 4.90 Å². The molecule has 4 rings (SSSR count). The predicted octanol–water partition coefficient (Wildman–Crippen LogP) is 4.40. The van der Waals surface area contributed by atoms with Crippen LogP contribution >= 0.6 is 0 Å². The molecule has 0 aliphatic carbocycles. The second-order valence-corrected chi connectivity index (χ2v) is 7.42. The monoisotopic (exact) mass is 399 g/mol. The number of hydrogen-bond acceptors (Lipinski definition) is 3. The maximum Gasteiger partial charge on any atom is 0.257 e. The van der Waals surface area contributed by atoms with E-state index in [4.69, 9.17) is 0 Å². The summed E-state index contributed by atoms with van der Waals surface area (Å²) in [6, 6.07) is 7.78. The lowest BCUT2D eigenvalue weighted by Crippen LogP contribution is -2.55. The third-order valence-electron chi connectivity index (χ3n) is 5.66. The molecule has 2 aliphatic rings. The van der Waals surface area contributed by atoms with Crippen molar-refractivity contribution in [2.24, 2.45) is 0 Å². The standard InChI is InChI=1S/C22H23F2N3O2/c1-2-26-19-12-14(21(28)25-18-13-15(23)8-10-17(18)24)7-9-16(19)22(29)27-11-5-3-4-6-20(26)27/h7-10,12-13,20H,2-6,11H2,1H3,(H,25,28). The largest absolute Gasteiger partial charge is 0.351 e. The van der Waals surface area contributed by atoms with Gasteiger partial charge in [0.25, 0.3) is 11.8 Å². The molecule has 2 aromatic carbocycles. The number of carbonyl (C=O) groups excluding carboxylic acids is 2. The summed E-state index contributed by atoms with van der Waals surface area (Å²) in [6.45, 7) is 3.46. The van der Waals surface area contributed by atoms with E-state index >= 15 is 0 Å². The SMILES string of the molecule is CCN1c2cc(C(=O)Nc3cc(F)ccc3F)ccc2C(=O)N2CCCCCC21. The lowest BCUT2D eigenvalue weighted by molar-refractivity contribution is 0.0656. The number of carbonyl (C=O) groups is 2. The average Bonchev–Trinajstić information content (AvgIpc) is 2.97. The fraction of sp³-hybridized carbons (Fsp3) is 0.364. The minimum atomic E-state index is -0.711. The highest BCUT2D eigenvalue weighted by Gasteiger charge is 2.37. The summed E-state index contributed by atoms with van der Waals surface area (Å²) in [5.41, 5.74) is 1.36. The maximum absolute atomic E-state index is 13.9. The number of amides is 2. The molecule has 5 nitrogen and oxygen atoms in total. The molecule has 1 fully saturated rings. The van der Waals surface area contributed by atoms with Crippen molar-refractivity contribution in [2.45, 2.75) is 38.8 Å². The van der Waals surface area contributed by atoms with Gasteiger partial charge in [-0.2, -0.15) is 0 Å². The molecule has 152 valence electrons. The Morgan fingerprint density at radius 1 is 1.14 bits per heavy atom. The zero-order valence-corrected chi connectivity index (χ0v) is 16.3. The van der Waals surface area contributed by atoms with Crippen molar-refractivity contribution in [3.05, 3.63) is 59.2 Å². The Morgan fingerprint density at radius 2 is 1.97 bits per heavy atom. The Kier molecular flexibility index (Phi) is 5.22. The molecule has 29 heavy (non-hydrogen) atoms. The van der Waals surface area contributed by atoms with Crippen LogP contribution in [0.25, 0.3) is 0 Å². The number of anilines is 2. The van der Waals surface area contributed by atoms with Crippen LogP contribution < -0.4 is 10.2 Å². The molecule has 7 heteroatoms. The molecular formula is C22H23F2N3O2. The van der Waals surface area contributed by atoms with Crippen molar-refractivity contribution in [3.63, 3.8) is 0 Å². The van der Waals surface area contributed by atoms with Crippen molar-refractivity contribution in [3.8, 4) is 0 Å². The van der Waals surface area contributed by atoms with Gasteiger partial charge in [0.05, 0.1) is 16.9 Å². The summed E-state index contributed by atoms with van der Waals surface area (Å²) in [5.74, 6) is -1.91. The zero-order chi connectivity index (χ0) is 20.5. The van der Waals surface area contributed by atoms with Gasteiger partial charge in [-0.1, -0.05) is 6.42 Å². The molecule has 1 N–H and O–H groups in total. The summed E-state index contributed by atoms with van der Waals surface area (Å²) in [5, 5.41) is 2.42. The molecule has 0 spiro atoms. The topological polar surface area (TPSA) is 52.7 Å². The highest BCUT2D eigenvalue weighted by molar-refractivity contribution is 6.08. The van der Waals surface area contributed by atoms with Gasteiger partial charge in [0.15, 0.2) is 0 Å². The first-order valence-corrected chi connectivity index (χ1v) is 9.97. The first-order chi connectivity index (χ1) is 14.0. The van der Waals surface area contributed by atoms with Crippen LogP contribution in [0.5, 0.6) is 0 Å². The Hall–Kier alpha value is -2.96. The van der Waals surface area contributed by atoms with Crippen molar-refractivity contribution in [2.75, 3.05) is 23.3 Å². The lowest BCUT2D eigenvalue weighted by atomic mass is 10.0. The maximum atomic E-state index is 13.9. The van der Waals surface area contributed by atoms with Crippen LogP contribution in [0.2, 0.25) is 0 Å². The molecule has 0 aromatic heterocycles. The van der Waals surface area contributed by atoms with E-state index in [1.807, 2.05) is 11.8 Å². The second kappa shape index (κ2) is 7.81. The van der Waals surface area contributed by atoms with E-state index in [0.717, 1.165) is 50.4 Å². The molecular weight excluding hydrogens is 376 g/mol. The summed E-state index contributed by atoms with van der Waals surface area (Å²) in [4.78, 5) is 29.8. The first-order valence-electron chi connectivity index (χ1n) is 9.97. The summed E-state index contributed by atoms with van der Waals surface area (Å²) < 4.78 is 27.3. The fourth-order valence-electron chi connectivity index (χ4n) is 4.23. The number of benzene rings is 2. The van der Waals surface area contributed by atoms with Crippen LogP contribution in [-0.4, -0.2) is 36.0 Å². The average molecular weight is 399 g/mol. The smallest absolute Gasteiger partial charge is 0.257 e. The van der Waals surface area contributed by atoms with E-state index in [1.54, 1.807) is 18.2 Å². The van der Waals surface area contributed by atoms with E-state index in [0.29, 0.717) is 23.4 Å². The number of rotatable bonds is 3. The number of halogens is 2. The molecule has 2 amide bonds. The van der Waals surface area contributed by atoms with Crippen LogP contribution in [0.3, 0.4) is 0 Å². The number of nitrogens with one attached hydrogen (secondary N) is 1. The zero-order valence-electron chi connectivity index (χ0n) is 16.3. The van der Waals surface area contributed by atoms with E-state index < -0.39 is 17.5 Å². The molecule has 2 aliphatic heterocycles. The molecule has 1 saturated heterocycles. The summed E-state index contributed by atoms with van der Waals surface area (Å²) in [7, 11) is 0. The molecule has 0 saturated carbocycles. The Bertz CT molecular complexity index is 963. The molecule has 2 heterocycles. The number of nitrogens with zero attached hydrogens (tertiary/aromatic N) is 2. The Labute approximate surface area is 168 Å². The minimum Gasteiger partial charge on any atom is -0.351 e. The van der Waals surface area contributed by atoms with Crippen LogP contribution in [0.15, 0.2) is 36.4 Å². The molecule has 1 unspecified atom stereocenters. The second-order valence-electron chi connectivity index (χ2n) is 7.42. The first kappa shape index (κ1) is 19.4. The predicted molar refractivity (Wildman–Crippen MR) is 107 cm³/mol. The van der Waals surface area contributed by atoms with Crippen molar-refractivity contribution in [1.29, 1.82) is 0 Å². The third-order valence-corrected chi connectivity index (χ3v) is 5.66. The van der Waals surface area contributed by atoms with Gasteiger partial charge >= 0.3 is 0 Å². The molecule has 0 bridgehead atoms. The summed E-state index contributed by atoms with van der Waals surface area (Å²) >= 11 is 0. The van der Waals surface area contributed by atoms with Gasteiger partial charge in [0.2, 0.25) is 0 Å². The minimum absolute atomic E-state index is 0.0125. The highest BCUT2D eigenvalue weighted by atomic mass is 19.1. The molecule has 2 aromatic rings. The van der Waals surface area contributed by atoms with E-state index in [9.17, 15) is 18.4 Å². The quantitative estimate of drug-likeness (QED) is 0.832. The van der Waals surface area contributed by atoms with Crippen LogP contribution in [-0.2, 0) is 0 Å². The van der Waals surface area contributed by atoms with Gasteiger partial charge in [-0.3, -0.25) is 9.59 Å².